The SMILES string of the molecule is CC/C=C\C/C=C\C/C=C\C/C=C\CCCCCCC(=O)OC(COC(=O)CCCCCCCCCCC/C=C\C/C=C\CCCCCCC)COC(=O)CCCCCCCCCCCCCCCCCCC. The van der Waals surface area contributed by atoms with Crippen LogP contribution in [0.25, 0.3) is 0 Å². The zero-order chi connectivity index (χ0) is 52.9. The molecule has 1 atom stereocenters. The molecule has 0 amide bonds. The lowest BCUT2D eigenvalue weighted by Crippen LogP contribution is -2.30. The predicted octanol–water partition coefficient (Wildman–Crippen LogP) is 21.3. The number of hydrogen-bond acceptors (Lipinski definition) is 6. The van der Waals surface area contributed by atoms with Crippen LogP contribution < -0.4 is 0 Å². The van der Waals surface area contributed by atoms with Gasteiger partial charge in [0.05, 0.1) is 0 Å². The molecule has 6 heteroatoms. The van der Waals surface area contributed by atoms with Gasteiger partial charge < -0.3 is 14.2 Å². The second-order valence-electron chi connectivity index (χ2n) is 20.9. The third-order valence-corrected chi connectivity index (χ3v) is 13.7. The van der Waals surface area contributed by atoms with Gasteiger partial charge in [-0.15, -0.1) is 0 Å². The van der Waals surface area contributed by atoms with Gasteiger partial charge in [0.15, 0.2) is 6.10 Å². The Balaban J connectivity index is 4.39. The summed E-state index contributed by atoms with van der Waals surface area (Å²) in [6.07, 6.45) is 79.0. The molecule has 0 saturated carbocycles. The van der Waals surface area contributed by atoms with E-state index in [4.69, 9.17) is 14.2 Å². The average molecular weight is 1020 g/mol. The van der Waals surface area contributed by atoms with Crippen LogP contribution >= 0.6 is 0 Å². The highest BCUT2D eigenvalue weighted by molar-refractivity contribution is 5.71. The minimum absolute atomic E-state index is 0.0840. The Labute approximate surface area is 453 Å². The van der Waals surface area contributed by atoms with Gasteiger partial charge in [-0.25, -0.2) is 0 Å². The molecule has 0 bridgehead atoms. The third-order valence-electron chi connectivity index (χ3n) is 13.7. The van der Waals surface area contributed by atoms with Crippen molar-refractivity contribution in [3.05, 3.63) is 72.9 Å². The van der Waals surface area contributed by atoms with Crippen molar-refractivity contribution in [1.29, 1.82) is 0 Å². The van der Waals surface area contributed by atoms with E-state index in [0.717, 1.165) is 103 Å². The highest BCUT2D eigenvalue weighted by Crippen LogP contribution is 2.17. The Morgan fingerprint density at radius 1 is 0.288 bits per heavy atom. The monoisotopic (exact) mass is 1020 g/mol. The minimum Gasteiger partial charge on any atom is -0.462 e. The lowest BCUT2D eigenvalue weighted by Gasteiger charge is -2.18. The number of esters is 3. The second kappa shape index (κ2) is 61.4. The molecule has 0 saturated heterocycles. The van der Waals surface area contributed by atoms with Crippen LogP contribution in [-0.4, -0.2) is 37.2 Å². The topological polar surface area (TPSA) is 78.9 Å². The average Bonchev–Trinajstić information content (AvgIpc) is 3.39. The van der Waals surface area contributed by atoms with E-state index in [-0.39, 0.29) is 31.1 Å². The summed E-state index contributed by atoms with van der Waals surface area (Å²) in [5, 5.41) is 0. The molecule has 0 N–H and O–H groups in total. The summed E-state index contributed by atoms with van der Waals surface area (Å²) in [5.74, 6) is -0.897. The Bertz CT molecular complexity index is 1360. The lowest BCUT2D eigenvalue weighted by atomic mass is 10.0. The van der Waals surface area contributed by atoms with Crippen LogP contribution in [0.4, 0.5) is 0 Å². The fraction of sp³-hybridized carbons (Fsp3) is 0.776. The van der Waals surface area contributed by atoms with Crippen molar-refractivity contribution in [3.63, 3.8) is 0 Å². The van der Waals surface area contributed by atoms with Gasteiger partial charge >= 0.3 is 17.9 Å². The predicted molar refractivity (Wildman–Crippen MR) is 316 cm³/mol. The molecule has 0 aliphatic rings. The van der Waals surface area contributed by atoms with Gasteiger partial charge in [0.25, 0.3) is 0 Å². The highest BCUT2D eigenvalue weighted by Gasteiger charge is 2.19. The molecular formula is C67H118O6. The molecule has 0 heterocycles. The van der Waals surface area contributed by atoms with Crippen LogP contribution in [0.5, 0.6) is 0 Å². The van der Waals surface area contributed by atoms with E-state index >= 15 is 0 Å². The summed E-state index contributed by atoms with van der Waals surface area (Å²) < 4.78 is 16.9. The number of ether oxygens (including phenoxy) is 3. The zero-order valence-electron chi connectivity index (χ0n) is 48.4. The van der Waals surface area contributed by atoms with Gasteiger partial charge in [-0.3, -0.25) is 14.4 Å². The molecule has 0 aromatic carbocycles. The summed E-state index contributed by atoms with van der Waals surface area (Å²) in [7, 11) is 0. The van der Waals surface area contributed by atoms with E-state index < -0.39 is 6.10 Å². The molecule has 6 nitrogen and oxygen atoms in total. The van der Waals surface area contributed by atoms with Crippen molar-refractivity contribution in [2.24, 2.45) is 0 Å². The standard InChI is InChI=1S/C67H118O6/c1-4-7-10-13-16-19-22-25-28-31-32-33-34-37-39-42-45-48-51-54-57-60-66(69)72-63-64(73-67(70)61-58-55-52-49-46-43-40-36-30-27-24-21-18-15-12-9-6-3)62-71-65(68)59-56-53-50-47-44-41-38-35-29-26-23-20-17-14-11-8-5-2/h9,12,18,21-22,25,27,30-32,40,43,64H,4-8,10-11,13-17,19-20,23-24,26,28-29,33-39,41-42,44-63H2,1-3H3/b12-9-,21-18-,25-22-,30-27-,32-31-,43-40-. The highest BCUT2D eigenvalue weighted by atomic mass is 16.6. The number of unbranched alkanes of at least 4 members (excludes halogenated alkanes) is 34. The van der Waals surface area contributed by atoms with Crippen LogP contribution in [0, 0.1) is 0 Å². The van der Waals surface area contributed by atoms with E-state index in [0.29, 0.717) is 19.3 Å². The number of allylic oxidation sites excluding steroid dienone is 12. The summed E-state index contributed by atoms with van der Waals surface area (Å²) >= 11 is 0. The fourth-order valence-corrected chi connectivity index (χ4v) is 9.00. The van der Waals surface area contributed by atoms with E-state index in [1.54, 1.807) is 0 Å². The van der Waals surface area contributed by atoms with E-state index in [1.165, 1.54) is 173 Å². The Morgan fingerprint density at radius 3 is 0.836 bits per heavy atom. The minimum atomic E-state index is -0.790. The Hall–Kier alpha value is -3.15. The van der Waals surface area contributed by atoms with Crippen molar-refractivity contribution in [3.8, 4) is 0 Å². The molecular weight excluding hydrogens is 901 g/mol. The number of rotatable bonds is 57. The zero-order valence-corrected chi connectivity index (χ0v) is 48.4. The van der Waals surface area contributed by atoms with Crippen molar-refractivity contribution in [2.45, 2.75) is 322 Å². The molecule has 0 aromatic rings. The maximum atomic E-state index is 12.9. The van der Waals surface area contributed by atoms with Gasteiger partial charge in [0.1, 0.15) is 13.2 Å². The Morgan fingerprint density at radius 2 is 0.534 bits per heavy atom. The summed E-state index contributed by atoms with van der Waals surface area (Å²) in [6.45, 7) is 6.53. The van der Waals surface area contributed by atoms with Crippen LogP contribution in [0.2, 0.25) is 0 Å². The van der Waals surface area contributed by atoms with Crippen molar-refractivity contribution in [2.75, 3.05) is 13.2 Å². The summed E-state index contributed by atoms with van der Waals surface area (Å²) in [6, 6.07) is 0. The normalized spacial score (nSPS) is 12.5. The third kappa shape index (κ3) is 59.6. The first-order valence-electron chi connectivity index (χ1n) is 31.4. The molecule has 0 aliphatic carbocycles. The largest absolute Gasteiger partial charge is 0.462 e. The second-order valence-corrected chi connectivity index (χ2v) is 20.9. The maximum Gasteiger partial charge on any atom is 0.306 e. The molecule has 0 aliphatic heterocycles. The molecule has 73 heavy (non-hydrogen) atoms. The first-order chi connectivity index (χ1) is 36.0. The Kier molecular flexibility index (Phi) is 58.7. The van der Waals surface area contributed by atoms with Gasteiger partial charge in [-0.2, -0.15) is 0 Å². The van der Waals surface area contributed by atoms with Crippen LogP contribution in [0.1, 0.15) is 316 Å². The van der Waals surface area contributed by atoms with Gasteiger partial charge in [0, 0.05) is 19.3 Å². The van der Waals surface area contributed by atoms with Crippen LogP contribution in [0.15, 0.2) is 72.9 Å². The lowest BCUT2D eigenvalue weighted by molar-refractivity contribution is -0.167. The van der Waals surface area contributed by atoms with Gasteiger partial charge in [-0.05, 0) is 89.9 Å². The van der Waals surface area contributed by atoms with Gasteiger partial charge in [-0.1, -0.05) is 280 Å². The van der Waals surface area contributed by atoms with Gasteiger partial charge in [0.2, 0.25) is 0 Å². The molecule has 0 rings (SSSR count). The molecule has 0 spiro atoms. The van der Waals surface area contributed by atoms with E-state index in [9.17, 15) is 14.4 Å². The molecule has 0 radical (unpaired) electrons. The number of carbonyl (C=O) groups is 3. The molecule has 422 valence electrons. The molecule has 0 fully saturated rings. The van der Waals surface area contributed by atoms with E-state index in [1.807, 2.05) is 0 Å². The first kappa shape index (κ1) is 69.8. The van der Waals surface area contributed by atoms with Crippen molar-refractivity contribution < 1.29 is 28.6 Å². The quantitative estimate of drug-likeness (QED) is 0.0261. The summed E-state index contributed by atoms with van der Waals surface area (Å²) in [4.78, 5) is 38.3. The van der Waals surface area contributed by atoms with Crippen molar-refractivity contribution in [1.82, 2.24) is 0 Å². The maximum absolute atomic E-state index is 12.9. The van der Waals surface area contributed by atoms with E-state index in [2.05, 4.69) is 93.7 Å². The first-order valence-corrected chi connectivity index (χ1v) is 31.4. The van der Waals surface area contributed by atoms with Crippen LogP contribution in [0.3, 0.4) is 0 Å². The number of carbonyl (C=O) groups excluding carboxylic acids is 3. The van der Waals surface area contributed by atoms with Crippen molar-refractivity contribution >= 4 is 17.9 Å². The smallest absolute Gasteiger partial charge is 0.306 e. The fourth-order valence-electron chi connectivity index (χ4n) is 9.00. The summed E-state index contributed by atoms with van der Waals surface area (Å²) in [5.41, 5.74) is 0. The molecule has 0 aromatic heterocycles. The van der Waals surface area contributed by atoms with Crippen LogP contribution in [-0.2, 0) is 28.6 Å². The number of hydrogen-bond donors (Lipinski definition) is 0. The molecule has 1 unspecified atom stereocenters.